The number of hydrogen-bond acceptors (Lipinski definition) is 3. The molecule has 0 saturated heterocycles. The molecule has 0 heterocycles. The largest absolute Gasteiger partial charge is 0.456 e. The quantitative estimate of drug-likeness (QED) is 0.873. The number of benzene rings is 2. The molecule has 116 valence electrons. The highest BCUT2D eigenvalue weighted by atomic mass is 16.6. The molecule has 0 fully saturated rings. The topological polar surface area (TPSA) is 52.3 Å². The molecule has 0 amide bonds. The molecule has 22 heavy (non-hydrogen) atoms. The molecule has 2 aromatic carbocycles. The molecule has 0 saturated carbocycles. The summed E-state index contributed by atoms with van der Waals surface area (Å²) >= 11 is 0. The van der Waals surface area contributed by atoms with E-state index in [0.29, 0.717) is 12.1 Å². The summed E-state index contributed by atoms with van der Waals surface area (Å²) in [5.41, 5.74) is 9.08. The Morgan fingerprint density at radius 1 is 0.955 bits per heavy atom. The molecule has 0 spiro atoms. The van der Waals surface area contributed by atoms with Gasteiger partial charge in [0.15, 0.2) is 0 Å². The maximum atomic E-state index is 12.0. The molecule has 2 aromatic rings. The van der Waals surface area contributed by atoms with Crippen LogP contribution >= 0.6 is 0 Å². The molecule has 3 heteroatoms. The number of hydrogen-bond donors (Lipinski definition) is 1. The predicted octanol–water partition coefficient (Wildman–Crippen LogP) is 3.81. The standard InChI is InChI=1S/C19H23NO2/c1-19(2,3)22-18(21)17-10-8-16(9-11-17)15-6-4-14(5-7-15)12-13-20/h4-11H,12-13,20H2,1-3H3. The fraction of sp³-hybridized carbons (Fsp3) is 0.316. The van der Waals surface area contributed by atoms with Crippen molar-refractivity contribution in [2.75, 3.05) is 6.54 Å². The molecule has 0 radical (unpaired) electrons. The molecule has 0 bridgehead atoms. The number of ether oxygens (including phenoxy) is 1. The lowest BCUT2D eigenvalue weighted by atomic mass is 10.0. The minimum absolute atomic E-state index is 0.294. The number of carbonyl (C=O) groups is 1. The zero-order valence-electron chi connectivity index (χ0n) is 13.4. The van der Waals surface area contributed by atoms with E-state index in [1.165, 1.54) is 5.56 Å². The summed E-state index contributed by atoms with van der Waals surface area (Å²) in [6.45, 7) is 6.25. The average Bonchev–Trinajstić information content (AvgIpc) is 2.47. The Labute approximate surface area is 132 Å². The van der Waals surface area contributed by atoms with Gasteiger partial charge in [-0.3, -0.25) is 0 Å². The summed E-state index contributed by atoms with van der Waals surface area (Å²) in [6.07, 6.45) is 0.887. The van der Waals surface area contributed by atoms with Gasteiger partial charge in [-0.15, -0.1) is 0 Å². The van der Waals surface area contributed by atoms with Crippen LogP contribution in [0.15, 0.2) is 48.5 Å². The number of carbonyl (C=O) groups excluding carboxylic acids is 1. The second-order valence-corrected chi connectivity index (χ2v) is 6.31. The average molecular weight is 297 g/mol. The lowest BCUT2D eigenvalue weighted by Gasteiger charge is -2.19. The van der Waals surface area contributed by atoms with E-state index >= 15 is 0 Å². The van der Waals surface area contributed by atoms with Crippen molar-refractivity contribution in [2.24, 2.45) is 5.73 Å². The van der Waals surface area contributed by atoms with Crippen molar-refractivity contribution in [3.63, 3.8) is 0 Å². The highest BCUT2D eigenvalue weighted by Gasteiger charge is 2.17. The summed E-state index contributed by atoms with van der Waals surface area (Å²) in [5.74, 6) is -0.294. The highest BCUT2D eigenvalue weighted by Crippen LogP contribution is 2.21. The van der Waals surface area contributed by atoms with Crippen molar-refractivity contribution in [3.8, 4) is 11.1 Å². The second kappa shape index (κ2) is 6.75. The Kier molecular flexibility index (Phi) is 4.99. The minimum atomic E-state index is -0.478. The van der Waals surface area contributed by atoms with Gasteiger partial charge >= 0.3 is 5.97 Å². The Morgan fingerprint density at radius 3 is 1.91 bits per heavy atom. The molecular weight excluding hydrogens is 274 g/mol. The Hall–Kier alpha value is -2.13. The zero-order valence-corrected chi connectivity index (χ0v) is 13.4. The van der Waals surface area contributed by atoms with E-state index in [2.05, 4.69) is 24.3 Å². The summed E-state index contributed by atoms with van der Waals surface area (Å²) in [7, 11) is 0. The Morgan fingerprint density at radius 2 is 1.45 bits per heavy atom. The van der Waals surface area contributed by atoms with E-state index in [-0.39, 0.29) is 5.97 Å². The maximum absolute atomic E-state index is 12.0. The van der Waals surface area contributed by atoms with Crippen molar-refractivity contribution >= 4 is 5.97 Å². The van der Waals surface area contributed by atoms with Crippen LogP contribution < -0.4 is 5.73 Å². The number of nitrogens with two attached hydrogens (primary N) is 1. The van der Waals surface area contributed by atoms with Crippen molar-refractivity contribution in [3.05, 3.63) is 59.7 Å². The van der Waals surface area contributed by atoms with Crippen LogP contribution in [0, 0.1) is 0 Å². The summed E-state index contributed by atoms with van der Waals surface area (Å²) < 4.78 is 5.36. The molecule has 0 unspecified atom stereocenters. The molecule has 0 aliphatic carbocycles. The first-order chi connectivity index (χ1) is 10.4. The molecule has 0 aliphatic rings. The van der Waals surface area contributed by atoms with Gasteiger partial charge in [0.05, 0.1) is 5.56 Å². The number of esters is 1. The third kappa shape index (κ3) is 4.43. The molecule has 3 nitrogen and oxygen atoms in total. The molecule has 0 aromatic heterocycles. The van der Waals surface area contributed by atoms with Gasteiger partial charge in [0.1, 0.15) is 5.60 Å². The first-order valence-corrected chi connectivity index (χ1v) is 7.52. The van der Waals surface area contributed by atoms with Gasteiger partial charge < -0.3 is 10.5 Å². The van der Waals surface area contributed by atoms with Crippen molar-refractivity contribution in [2.45, 2.75) is 32.8 Å². The fourth-order valence-electron chi connectivity index (χ4n) is 2.17. The normalized spacial score (nSPS) is 11.3. The third-order valence-corrected chi connectivity index (χ3v) is 3.24. The maximum Gasteiger partial charge on any atom is 0.338 e. The predicted molar refractivity (Wildman–Crippen MR) is 89.8 cm³/mol. The first-order valence-electron chi connectivity index (χ1n) is 7.52. The molecular formula is C19H23NO2. The highest BCUT2D eigenvalue weighted by molar-refractivity contribution is 5.90. The van der Waals surface area contributed by atoms with Gasteiger partial charge in [-0.25, -0.2) is 4.79 Å². The Bertz CT molecular complexity index is 622. The van der Waals surface area contributed by atoms with E-state index in [9.17, 15) is 4.79 Å². The van der Waals surface area contributed by atoms with Crippen LogP contribution in [0.25, 0.3) is 11.1 Å². The van der Waals surface area contributed by atoms with Gasteiger partial charge in [-0.2, -0.15) is 0 Å². The van der Waals surface area contributed by atoms with Crippen LogP contribution in [-0.4, -0.2) is 18.1 Å². The summed E-state index contributed by atoms with van der Waals surface area (Å²) in [4.78, 5) is 12.0. The third-order valence-electron chi connectivity index (χ3n) is 3.24. The van der Waals surface area contributed by atoms with Crippen LogP contribution in [0.5, 0.6) is 0 Å². The lowest BCUT2D eigenvalue weighted by molar-refractivity contribution is 0.00696. The number of rotatable bonds is 4. The van der Waals surface area contributed by atoms with Gasteiger partial charge in [-0.05, 0) is 62.6 Å². The molecule has 2 rings (SSSR count). The van der Waals surface area contributed by atoms with Gasteiger partial charge in [0.25, 0.3) is 0 Å². The first kappa shape index (κ1) is 16.2. The van der Waals surface area contributed by atoms with E-state index in [0.717, 1.165) is 17.5 Å². The van der Waals surface area contributed by atoms with Crippen LogP contribution in [0.4, 0.5) is 0 Å². The van der Waals surface area contributed by atoms with Crippen LogP contribution in [-0.2, 0) is 11.2 Å². The van der Waals surface area contributed by atoms with Gasteiger partial charge in [0.2, 0.25) is 0 Å². The lowest BCUT2D eigenvalue weighted by Crippen LogP contribution is -2.23. The van der Waals surface area contributed by atoms with E-state index in [4.69, 9.17) is 10.5 Å². The van der Waals surface area contributed by atoms with Crippen molar-refractivity contribution in [1.82, 2.24) is 0 Å². The van der Waals surface area contributed by atoms with Crippen molar-refractivity contribution < 1.29 is 9.53 Å². The van der Waals surface area contributed by atoms with Gasteiger partial charge in [0, 0.05) is 0 Å². The van der Waals surface area contributed by atoms with Crippen LogP contribution in [0.1, 0.15) is 36.7 Å². The SMILES string of the molecule is CC(C)(C)OC(=O)c1ccc(-c2ccc(CCN)cc2)cc1. The molecule has 0 atom stereocenters. The van der Waals surface area contributed by atoms with E-state index < -0.39 is 5.60 Å². The fourth-order valence-corrected chi connectivity index (χ4v) is 2.17. The second-order valence-electron chi connectivity index (χ2n) is 6.31. The van der Waals surface area contributed by atoms with Gasteiger partial charge in [-0.1, -0.05) is 36.4 Å². The van der Waals surface area contributed by atoms with Crippen molar-refractivity contribution in [1.29, 1.82) is 0 Å². The van der Waals surface area contributed by atoms with Crippen LogP contribution in [0.3, 0.4) is 0 Å². The van der Waals surface area contributed by atoms with E-state index in [1.54, 1.807) is 12.1 Å². The molecule has 0 aliphatic heterocycles. The summed E-state index contributed by atoms with van der Waals surface area (Å²) in [5, 5.41) is 0. The van der Waals surface area contributed by atoms with Crippen LogP contribution in [0.2, 0.25) is 0 Å². The minimum Gasteiger partial charge on any atom is -0.456 e. The smallest absolute Gasteiger partial charge is 0.338 e. The zero-order chi connectivity index (χ0) is 16.2. The monoisotopic (exact) mass is 297 g/mol. The van der Waals surface area contributed by atoms with E-state index in [1.807, 2.05) is 32.9 Å². The molecule has 2 N–H and O–H groups in total. The summed E-state index contributed by atoms with van der Waals surface area (Å²) in [6, 6.07) is 15.8. The Balaban J connectivity index is 2.13.